The Kier molecular flexibility index (Phi) is 3.36. The van der Waals surface area contributed by atoms with E-state index in [9.17, 15) is 0 Å². The first kappa shape index (κ1) is 13.7. The second-order valence-electron chi connectivity index (χ2n) is 5.31. The molecule has 0 bridgehead atoms. The molecule has 2 aromatic carbocycles. The van der Waals surface area contributed by atoms with Gasteiger partial charge in [-0.2, -0.15) is 5.10 Å². The molecule has 0 saturated carbocycles. The molecule has 0 aliphatic carbocycles. The van der Waals surface area contributed by atoms with Gasteiger partial charge in [-0.15, -0.1) is 5.10 Å². The first-order valence-electron chi connectivity index (χ1n) is 7.41. The fourth-order valence-corrected chi connectivity index (χ4v) is 2.60. The highest BCUT2D eigenvalue weighted by atomic mass is 16.2. The Morgan fingerprint density at radius 2 is 1.87 bits per heavy atom. The van der Waals surface area contributed by atoms with Crippen molar-refractivity contribution in [2.75, 3.05) is 6.61 Å². The highest BCUT2D eigenvalue weighted by Crippen LogP contribution is 2.24. The van der Waals surface area contributed by atoms with Gasteiger partial charge in [-0.25, -0.2) is 4.68 Å². The van der Waals surface area contributed by atoms with E-state index in [2.05, 4.69) is 20.5 Å². The summed E-state index contributed by atoms with van der Waals surface area (Å²) in [4.78, 5) is 0. The molecule has 0 aliphatic heterocycles. The third-order valence-electron chi connectivity index (χ3n) is 3.81. The van der Waals surface area contributed by atoms with E-state index in [0.29, 0.717) is 6.42 Å². The van der Waals surface area contributed by atoms with Crippen LogP contribution in [-0.2, 0) is 6.42 Å². The Hall–Kier alpha value is -2.99. The van der Waals surface area contributed by atoms with Crippen LogP contribution in [0.15, 0.2) is 54.7 Å². The van der Waals surface area contributed by atoms with E-state index in [1.165, 1.54) is 0 Å². The zero-order valence-corrected chi connectivity index (χ0v) is 12.3. The molecule has 4 rings (SSSR count). The number of fused-ring (bicyclic) bond motifs is 1. The van der Waals surface area contributed by atoms with E-state index >= 15 is 0 Å². The average molecular weight is 305 g/mol. The van der Waals surface area contributed by atoms with Gasteiger partial charge in [-0.3, -0.25) is 5.10 Å². The number of aliphatic hydroxyl groups excluding tert-OH is 1. The van der Waals surface area contributed by atoms with Gasteiger partial charge < -0.3 is 5.11 Å². The van der Waals surface area contributed by atoms with Crippen LogP contribution >= 0.6 is 0 Å². The Bertz CT molecular complexity index is 939. The summed E-state index contributed by atoms with van der Waals surface area (Å²) < 4.78 is 1.72. The van der Waals surface area contributed by atoms with Crippen molar-refractivity contribution in [3.63, 3.8) is 0 Å². The molecule has 0 fully saturated rings. The SMILES string of the molecule is OCCc1ccc(-n2cc(-c3n[nH]c4ccccc34)nn2)cc1. The maximum atomic E-state index is 8.96. The molecule has 114 valence electrons. The van der Waals surface area contributed by atoms with Crippen LogP contribution in [0, 0.1) is 0 Å². The minimum absolute atomic E-state index is 0.152. The highest BCUT2D eigenvalue weighted by molar-refractivity contribution is 5.91. The maximum Gasteiger partial charge on any atom is 0.134 e. The summed E-state index contributed by atoms with van der Waals surface area (Å²) in [6.07, 6.45) is 2.52. The van der Waals surface area contributed by atoms with Crippen LogP contribution in [0.3, 0.4) is 0 Å². The molecule has 0 unspecified atom stereocenters. The lowest BCUT2D eigenvalue weighted by Crippen LogP contribution is -1.96. The molecule has 0 radical (unpaired) electrons. The lowest BCUT2D eigenvalue weighted by molar-refractivity contribution is 0.299. The van der Waals surface area contributed by atoms with Crippen LogP contribution in [0.2, 0.25) is 0 Å². The number of para-hydroxylation sites is 1. The Morgan fingerprint density at radius 1 is 1.04 bits per heavy atom. The number of rotatable bonds is 4. The first-order valence-corrected chi connectivity index (χ1v) is 7.41. The summed E-state index contributed by atoms with van der Waals surface area (Å²) in [7, 11) is 0. The quantitative estimate of drug-likeness (QED) is 0.606. The van der Waals surface area contributed by atoms with Gasteiger partial charge in [0, 0.05) is 12.0 Å². The van der Waals surface area contributed by atoms with Gasteiger partial charge in [0.15, 0.2) is 0 Å². The Balaban J connectivity index is 1.68. The standard InChI is InChI=1S/C17H15N5O/c23-10-9-12-5-7-13(8-6-12)22-11-16(19-21-22)17-14-3-1-2-4-15(14)18-20-17/h1-8,11,23H,9-10H2,(H,18,20). The number of H-pyrrole nitrogens is 1. The smallest absolute Gasteiger partial charge is 0.134 e. The van der Waals surface area contributed by atoms with Crippen molar-refractivity contribution in [1.29, 1.82) is 0 Å². The molecule has 23 heavy (non-hydrogen) atoms. The van der Waals surface area contributed by atoms with Crippen LogP contribution in [0.5, 0.6) is 0 Å². The fourth-order valence-electron chi connectivity index (χ4n) is 2.60. The third kappa shape index (κ3) is 2.49. The number of nitrogens with zero attached hydrogens (tertiary/aromatic N) is 4. The van der Waals surface area contributed by atoms with Crippen molar-refractivity contribution in [1.82, 2.24) is 25.2 Å². The summed E-state index contributed by atoms with van der Waals surface area (Å²) >= 11 is 0. The fraction of sp³-hybridized carbons (Fsp3) is 0.118. The summed E-state index contributed by atoms with van der Waals surface area (Å²) in [6, 6.07) is 15.8. The third-order valence-corrected chi connectivity index (χ3v) is 3.81. The number of aliphatic hydroxyl groups is 1. The van der Waals surface area contributed by atoms with Gasteiger partial charge >= 0.3 is 0 Å². The molecule has 0 amide bonds. The number of aromatic amines is 1. The molecule has 6 nitrogen and oxygen atoms in total. The van der Waals surface area contributed by atoms with Crippen molar-refractivity contribution in [2.24, 2.45) is 0 Å². The van der Waals surface area contributed by atoms with Crippen LogP contribution in [0.4, 0.5) is 0 Å². The van der Waals surface area contributed by atoms with Crippen LogP contribution in [-0.4, -0.2) is 36.9 Å². The van der Waals surface area contributed by atoms with E-state index in [1.54, 1.807) is 4.68 Å². The zero-order valence-electron chi connectivity index (χ0n) is 12.3. The van der Waals surface area contributed by atoms with Gasteiger partial charge in [-0.05, 0) is 30.2 Å². The molecular formula is C17H15N5O. The van der Waals surface area contributed by atoms with Gasteiger partial charge in [0.05, 0.1) is 17.4 Å². The zero-order chi connectivity index (χ0) is 15.6. The van der Waals surface area contributed by atoms with Crippen molar-refractivity contribution >= 4 is 10.9 Å². The van der Waals surface area contributed by atoms with Crippen molar-refractivity contribution in [3.05, 3.63) is 60.3 Å². The van der Waals surface area contributed by atoms with Crippen LogP contribution in [0.1, 0.15) is 5.56 Å². The summed E-state index contributed by atoms with van der Waals surface area (Å²) in [5.74, 6) is 0. The van der Waals surface area contributed by atoms with E-state index in [1.807, 2.05) is 54.7 Å². The topological polar surface area (TPSA) is 79.6 Å². The first-order chi connectivity index (χ1) is 11.3. The highest BCUT2D eigenvalue weighted by Gasteiger charge is 2.12. The number of aromatic nitrogens is 5. The molecule has 0 saturated heterocycles. The second kappa shape index (κ2) is 5.66. The van der Waals surface area contributed by atoms with E-state index in [4.69, 9.17) is 5.11 Å². The molecule has 4 aromatic rings. The molecule has 6 heteroatoms. The van der Waals surface area contributed by atoms with E-state index < -0.39 is 0 Å². The summed E-state index contributed by atoms with van der Waals surface area (Å²) in [5, 5.41) is 25.8. The van der Waals surface area contributed by atoms with Gasteiger partial charge in [0.1, 0.15) is 11.4 Å². The van der Waals surface area contributed by atoms with E-state index in [-0.39, 0.29) is 6.61 Å². The van der Waals surface area contributed by atoms with Gasteiger partial charge in [-0.1, -0.05) is 35.5 Å². The van der Waals surface area contributed by atoms with Crippen LogP contribution in [0.25, 0.3) is 28.0 Å². The molecule has 2 N–H and O–H groups in total. The number of benzene rings is 2. The predicted molar refractivity (Wildman–Crippen MR) is 87.2 cm³/mol. The lowest BCUT2D eigenvalue weighted by Gasteiger charge is -2.02. The van der Waals surface area contributed by atoms with Crippen molar-refractivity contribution < 1.29 is 5.11 Å². The molecule has 0 atom stereocenters. The van der Waals surface area contributed by atoms with Crippen molar-refractivity contribution in [3.8, 4) is 17.1 Å². The van der Waals surface area contributed by atoms with Gasteiger partial charge in [0.2, 0.25) is 0 Å². The second-order valence-corrected chi connectivity index (χ2v) is 5.31. The number of nitrogens with one attached hydrogen (secondary N) is 1. The summed E-state index contributed by atoms with van der Waals surface area (Å²) in [5.41, 5.74) is 4.51. The normalized spacial score (nSPS) is 11.2. The Morgan fingerprint density at radius 3 is 2.70 bits per heavy atom. The minimum atomic E-state index is 0.152. The van der Waals surface area contributed by atoms with Gasteiger partial charge in [0.25, 0.3) is 0 Å². The van der Waals surface area contributed by atoms with Crippen LogP contribution < -0.4 is 0 Å². The molecule has 2 aromatic heterocycles. The molecular weight excluding hydrogens is 290 g/mol. The van der Waals surface area contributed by atoms with Crippen molar-refractivity contribution in [2.45, 2.75) is 6.42 Å². The number of hydrogen-bond donors (Lipinski definition) is 2. The van der Waals surface area contributed by atoms with E-state index in [0.717, 1.165) is 33.5 Å². The predicted octanol–water partition coefficient (Wildman–Crippen LogP) is 2.35. The minimum Gasteiger partial charge on any atom is -0.396 e. The monoisotopic (exact) mass is 305 g/mol. The largest absolute Gasteiger partial charge is 0.396 e. The Labute approximate surface area is 132 Å². The number of hydrogen-bond acceptors (Lipinski definition) is 4. The molecule has 0 spiro atoms. The molecule has 0 aliphatic rings. The maximum absolute atomic E-state index is 8.96. The molecule has 2 heterocycles. The summed E-state index contributed by atoms with van der Waals surface area (Å²) in [6.45, 7) is 0.152. The average Bonchev–Trinajstić information content (AvgIpc) is 3.22. The lowest BCUT2D eigenvalue weighted by atomic mass is 10.1.